The highest BCUT2D eigenvalue weighted by Gasteiger charge is 2.23. The van der Waals surface area contributed by atoms with Crippen LogP contribution in [0.2, 0.25) is 0 Å². The molecular formula is C13H18F2N2O3. The fourth-order valence-corrected chi connectivity index (χ4v) is 1.45. The summed E-state index contributed by atoms with van der Waals surface area (Å²) in [7, 11) is 1.21. The van der Waals surface area contributed by atoms with E-state index in [1.165, 1.54) is 7.11 Å². The average Bonchev–Trinajstić information content (AvgIpc) is 2.42. The molecule has 0 aliphatic heterocycles. The first-order valence-electron chi connectivity index (χ1n) is 6.08. The van der Waals surface area contributed by atoms with Crippen LogP contribution in [0.1, 0.15) is 20.3 Å². The van der Waals surface area contributed by atoms with Crippen molar-refractivity contribution >= 4 is 11.7 Å². The van der Waals surface area contributed by atoms with Crippen LogP contribution in [0.4, 0.5) is 19.3 Å². The largest absolute Gasteiger partial charge is 0.494 e. The van der Waals surface area contributed by atoms with Gasteiger partial charge in [0.05, 0.1) is 24.9 Å². The average molecular weight is 288 g/mol. The summed E-state index contributed by atoms with van der Waals surface area (Å²) < 4.78 is 31.7. The molecule has 0 bridgehead atoms. The van der Waals surface area contributed by atoms with Crippen molar-refractivity contribution in [2.45, 2.75) is 25.8 Å². The molecule has 0 aliphatic rings. The smallest absolute Gasteiger partial charge is 0.319 e. The third-order valence-electron chi connectivity index (χ3n) is 3.03. The van der Waals surface area contributed by atoms with Gasteiger partial charge in [0.25, 0.3) is 0 Å². The number of anilines is 1. The summed E-state index contributed by atoms with van der Waals surface area (Å²) in [5.74, 6) is -1.85. The second-order valence-corrected chi connectivity index (χ2v) is 4.62. The lowest BCUT2D eigenvalue weighted by molar-refractivity contribution is 0.172. The number of hydrogen-bond donors (Lipinski definition) is 3. The third-order valence-corrected chi connectivity index (χ3v) is 3.03. The van der Waals surface area contributed by atoms with Gasteiger partial charge in [-0.15, -0.1) is 0 Å². The van der Waals surface area contributed by atoms with Crippen LogP contribution in [0.3, 0.4) is 0 Å². The predicted octanol–water partition coefficient (Wildman–Crippen LogP) is 2.26. The zero-order chi connectivity index (χ0) is 15.3. The predicted molar refractivity (Wildman–Crippen MR) is 70.8 cm³/mol. The van der Waals surface area contributed by atoms with E-state index in [1.54, 1.807) is 13.8 Å². The van der Waals surface area contributed by atoms with Crippen molar-refractivity contribution in [2.75, 3.05) is 19.0 Å². The number of ether oxygens (including phenoxy) is 1. The number of rotatable bonds is 5. The van der Waals surface area contributed by atoms with Gasteiger partial charge < -0.3 is 20.5 Å². The molecule has 7 heteroatoms. The van der Waals surface area contributed by atoms with Gasteiger partial charge in [-0.3, -0.25) is 0 Å². The number of benzene rings is 1. The van der Waals surface area contributed by atoms with E-state index in [1.807, 2.05) is 0 Å². The van der Waals surface area contributed by atoms with Gasteiger partial charge in [0.15, 0.2) is 17.4 Å². The lowest BCUT2D eigenvalue weighted by Gasteiger charge is -2.27. The molecule has 3 N–H and O–H groups in total. The monoisotopic (exact) mass is 288 g/mol. The topological polar surface area (TPSA) is 70.6 Å². The Morgan fingerprint density at radius 3 is 2.55 bits per heavy atom. The molecule has 0 saturated heterocycles. The molecule has 0 saturated carbocycles. The standard InChI is InChI=1S/C13H18F2N2O3/c1-4-13(2,7-18)17-12(19)16-10-5-9(15)11(20-3)6-8(10)14/h5-6,18H,4,7H2,1-3H3,(H2,16,17,19). The SMILES string of the molecule is CCC(C)(CO)NC(=O)Nc1cc(F)c(OC)cc1F. The molecule has 20 heavy (non-hydrogen) atoms. The highest BCUT2D eigenvalue weighted by molar-refractivity contribution is 5.90. The zero-order valence-electron chi connectivity index (χ0n) is 11.6. The fraction of sp³-hybridized carbons (Fsp3) is 0.462. The summed E-state index contributed by atoms with van der Waals surface area (Å²) in [6, 6.07) is 0.943. The molecule has 1 unspecified atom stereocenters. The van der Waals surface area contributed by atoms with Crippen LogP contribution in [0.5, 0.6) is 5.75 Å². The van der Waals surface area contributed by atoms with Gasteiger partial charge >= 0.3 is 6.03 Å². The molecule has 0 aliphatic carbocycles. The van der Waals surface area contributed by atoms with Gasteiger partial charge in [-0.25, -0.2) is 13.6 Å². The Balaban J connectivity index is 2.84. The minimum Gasteiger partial charge on any atom is -0.494 e. The first kappa shape index (κ1) is 16.2. The van der Waals surface area contributed by atoms with Crippen molar-refractivity contribution in [3.8, 4) is 5.75 Å². The van der Waals surface area contributed by atoms with Crippen molar-refractivity contribution in [1.82, 2.24) is 5.32 Å². The lowest BCUT2D eigenvalue weighted by Crippen LogP contribution is -2.50. The summed E-state index contributed by atoms with van der Waals surface area (Å²) in [4.78, 5) is 11.7. The molecular weight excluding hydrogens is 270 g/mol. The number of aliphatic hydroxyl groups excluding tert-OH is 1. The number of hydrogen-bond acceptors (Lipinski definition) is 3. The van der Waals surface area contributed by atoms with Crippen LogP contribution in [-0.4, -0.2) is 30.4 Å². The third kappa shape index (κ3) is 3.80. The summed E-state index contributed by atoms with van der Waals surface area (Å²) in [5.41, 5.74) is -1.14. The van der Waals surface area contributed by atoms with E-state index in [9.17, 15) is 18.7 Å². The highest BCUT2D eigenvalue weighted by atomic mass is 19.1. The molecule has 0 fully saturated rings. The van der Waals surface area contributed by atoms with Gasteiger partial charge in [-0.1, -0.05) is 6.92 Å². The van der Waals surface area contributed by atoms with Crippen LogP contribution in [0, 0.1) is 11.6 Å². The molecule has 2 amide bonds. The van der Waals surface area contributed by atoms with Crippen molar-refractivity contribution in [3.05, 3.63) is 23.8 Å². The Morgan fingerprint density at radius 2 is 2.05 bits per heavy atom. The van der Waals surface area contributed by atoms with Crippen LogP contribution in [0.15, 0.2) is 12.1 Å². The van der Waals surface area contributed by atoms with Gasteiger partial charge in [0, 0.05) is 12.1 Å². The Bertz CT molecular complexity index is 491. The number of halogens is 2. The van der Waals surface area contributed by atoms with Crippen LogP contribution in [0.25, 0.3) is 0 Å². The minimum atomic E-state index is -0.828. The number of amides is 2. The van der Waals surface area contributed by atoms with E-state index in [0.717, 1.165) is 12.1 Å². The zero-order valence-corrected chi connectivity index (χ0v) is 11.6. The van der Waals surface area contributed by atoms with Crippen molar-refractivity contribution in [2.24, 2.45) is 0 Å². The van der Waals surface area contributed by atoms with Crippen LogP contribution < -0.4 is 15.4 Å². The number of carbonyl (C=O) groups is 1. The molecule has 112 valence electrons. The molecule has 1 aromatic carbocycles. The molecule has 0 heterocycles. The number of carbonyl (C=O) groups excluding carboxylic acids is 1. The second-order valence-electron chi connectivity index (χ2n) is 4.62. The van der Waals surface area contributed by atoms with Crippen molar-refractivity contribution in [1.29, 1.82) is 0 Å². The Kier molecular flexibility index (Phi) is 5.26. The fourth-order valence-electron chi connectivity index (χ4n) is 1.45. The summed E-state index contributed by atoms with van der Waals surface area (Å²) in [5, 5.41) is 13.9. The van der Waals surface area contributed by atoms with E-state index in [2.05, 4.69) is 15.4 Å². The number of urea groups is 1. The quantitative estimate of drug-likeness (QED) is 0.778. The molecule has 5 nitrogen and oxygen atoms in total. The second kappa shape index (κ2) is 6.51. The van der Waals surface area contributed by atoms with Gasteiger partial charge in [0.2, 0.25) is 0 Å². The first-order valence-corrected chi connectivity index (χ1v) is 6.08. The Morgan fingerprint density at radius 1 is 1.40 bits per heavy atom. The van der Waals surface area contributed by atoms with Gasteiger partial charge in [-0.05, 0) is 13.3 Å². The van der Waals surface area contributed by atoms with Crippen LogP contribution >= 0.6 is 0 Å². The normalized spacial score (nSPS) is 13.5. The number of methoxy groups -OCH3 is 1. The molecule has 0 aromatic heterocycles. The molecule has 1 atom stereocenters. The van der Waals surface area contributed by atoms with Gasteiger partial charge in [-0.2, -0.15) is 0 Å². The molecule has 1 rings (SSSR count). The molecule has 0 spiro atoms. The maximum absolute atomic E-state index is 13.6. The maximum Gasteiger partial charge on any atom is 0.319 e. The molecule has 1 aromatic rings. The van der Waals surface area contributed by atoms with Crippen molar-refractivity contribution in [3.63, 3.8) is 0 Å². The van der Waals surface area contributed by atoms with E-state index in [0.29, 0.717) is 6.42 Å². The van der Waals surface area contributed by atoms with E-state index < -0.39 is 23.2 Å². The highest BCUT2D eigenvalue weighted by Crippen LogP contribution is 2.24. The van der Waals surface area contributed by atoms with Crippen LogP contribution in [-0.2, 0) is 0 Å². The number of aliphatic hydroxyl groups is 1. The van der Waals surface area contributed by atoms with Gasteiger partial charge in [0.1, 0.15) is 0 Å². The Labute approximate surface area is 115 Å². The number of nitrogens with one attached hydrogen (secondary N) is 2. The van der Waals surface area contributed by atoms with E-state index >= 15 is 0 Å². The Hall–Kier alpha value is -1.89. The summed E-state index contributed by atoms with van der Waals surface area (Å²) in [6.45, 7) is 3.15. The summed E-state index contributed by atoms with van der Waals surface area (Å²) >= 11 is 0. The lowest BCUT2D eigenvalue weighted by atomic mass is 10.0. The first-order chi connectivity index (χ1) is 9.35. The van der Waals surface area contributed by atoms with E-state index in [-0.39, 0.29) is 18.0 Å². The minimum absolute atomic E-state index is 0.248. The summed E-state index contributed by atoms with van der Waals surface area (Å²) in [6.07, 6.45) is 0.483. The maximum atomic E-state index is 13.6. The van der Waals surface area contributed by atoms with E-state index in [4.69, 9.17) is 0 Å². The van der Waals surface area contributed by atoms with Crippen molar-refractivity contribution < 1.29 is 23.4 Å². The molecule has 0 radical (unpaired) electrons.